The summed E-state index contributed by atoms with van der Waals surface area (Å²) >= 11 is 0. The van der Waals surface area contributed by atoms with Gasteiger partial charge in [-0.1, -0.05) is 0 Å². The molecule has 3 aromatic rings. The zero-order valence-electron chi connectivity index (χ0n) is 18.0. The third kappa shape index (κ3) is 4.85. The number of piperidine rings is 1. The zero-order valence-corrected chi connectivity index (χ0v) is 18.0. The van der Waals surface area contributed by atoms with Gasteiger partial charge in [-0.25, -0.2) is 15.0 Å². The molecule has 1 aliphatic rings. The Morgan fingerprint density at radius 2 is 1.91 bits per heavy atom. The molecule has 32 heavy (non-hydrogen) atoms. The molecule has 3 N–H and O–H groups in total. The molecular formula is C24H26N6O2. The Bertz CT molecular complexity index is 1120. The maximum atomic E-state index is 9.89. The number of rotatable bonds is 6. The number of pyridine rings is 1. The standard InChI is InChI=1S/C24H26N6O2/c1-16-9-19(11-23(29-16)30-7-3-2-4-8-30)32-22-10-17(12-25)5-6-20(22)24-27-14-18(15-28-24)21(31)13-26/h5-6,9-11,14-15,21,31H,2-4,7-8,13,26H2,1H3/t21-/m1/s1. The van der Waals surface area contributed by atoms with Gasteiger partial charge < -0.3 is 20.5 Å². The number of anilines is 1. The number of ether oxygens (including phenoxy) is 1. The summed E-state index contributed by atoms with van der Waals surface area (Å²) in [5.41, 5.74) is 8.03. The minimum Gasteiger partial charge on any atom is -0.456 e. The molecular weight excluding hydrogens is 404 g/mol. The second-order valence-corrected chi connectivity index (χ2v) is 7.87. The largest absolute Gasteiger partial charge is 0.456 e. The number of nitrogens with two attached hydrogens (primary N) is 1. The van der Waals surface area contributed by atoms with Crippen molar-refractivity contribution in [2.24, 2.45) is 5.73 Å². The molecule has 2 aromatic heterocycles. The van der Waals surface area contributed by atoms with Crippen molar-refractivity contribution in [1.82, 2.24) is 15.0 Å². The van der Waals surface area contributed by atoms with Gasteiger partial charge >= 0.3 is 0 Å². The fourth-order valence-corrected chi connectivity index (χ4v) is 3.74. The van der Waals surface area contributed by atoms with E-state index in [2.05, 4.69) is 25.9 Å². The van der Waals surface area contributed by atoms with Crippen molar-refractivity contribution in [3.8, 4) is 29.0 Å². The van der Waals surface area contributed by atoms with Crippen molar-refractivity contribution in [2.75, 3.05) is 24.5 Å². The number of nitrogens with zero attached hydrogens (tertiary/aromatic N) is 5. The van der Waals surface area contributed by atoms with E-state index >= 15 is 0 Å². The smallest absolute Gasteiger partial charge is 0.162 e. The molecule has 0 unspecified atom stereocenters. The summed E-state index contributed by atoms with van der Waals surface area (Å²) in [6, 6.07) is 11.1. The van der Waals surface area contributed by atoms with Crippen LogP contribution in [0.3, 0.4) is 0 Å². The fourth-order valence-electron chi connectivity index (χ4n) is 3.74. The molecule has 8 heteroatoms. The van der Waals surface area contributed by atoms with Crippen molar-refractivity contribution in [1.29, 1.82) is 5.26 Å². The Morgan fingerprint density at radius 3 is 2.59 bits per heavy atom. The van der Waals surface area contributed by atoms with Gasteiger partial charge in [0.2, 0.25) is 0 Å². The van der Waals surface area contributed by atoms with E-state index in [1.54, 1.807) is 30.6 Å². The van der Waals surface area contributed by atoms with Crippen LogP contribution < -0.4 is 15.4 Å². The van der Waals surface area contributed by atoms with E-state index in [-0.39, 0.29) is 6.54 Å². The minimum atomic E-state index is -0.811. The molecule has 1 fully saturated rings. The summed E-state index contributed by atoms with van der Waals surface area (Å²) in [6.07, 6.45) is 5.85. The molecule has 0 saturated carbocycles. The van der Waals surface area contributed by atoms with Gasteiger partial charge in [0.15, 0.2) is 5.82 Å². The maximum Gasteiger partial charge on any atom is 0.162 e. The van der Waals surface area contributed by atoms with Crippen LogP contribution in [0.1, 0.15) is 42.2 Å². The zero-order chi connectivity index (χ0) is 22.5. The molecule has 3 heterocycles. The van der Waals surface area contributed by atoms with Gasteiger partial charge in [-0.2, -0.15) is 5.26 Å². The molecule has 0 bridgehead atoms. The lowest BCUT2D eigenvalue weighted by Crippen LogP contribution is -2.30. The lowest BCUT2D eigenvalue weighted by Gasteiger charge is -2.28. The number of hydrogen-bond acceptors (Lipinski definition) is 8. The molecule has 1 atom stereocenters. The van der Waals surface area contributed by atoms with Crippen LogP contribution in [0.2, 0.25) is 0 Å². The Balaban J connectivity index is 1.68. The first-order chi connectivity index (χ1) is 15.6. The van der Waals surface area contributed by atoms with Crippen molar-refractivity contribution >= 4 is 5.82 Å². The van der Waals surface area contributed by atoms with E-state index in [9.17, 15) is 10.4 Å². The summed E-state index contributed by atoms with van der Waals surface area (Å²) in [6.45, 7) is 4.01. The van der Waals surface area contributed by atoms with Crippen LogP contribution in [0.25, 0.3) is 11.4 Å². The number of aliphatic hydroxyl groups excluding tert-OH is 1. The second-order valence-electron chi connectivity index (χ2n) is 7.87. The first-order valence-corrected chi connectivity index (χ1v) is 10.7. The predicted molar refractivity (Wildman–Crippen MR) is 121 cm³/mol. The first kappa shape index (κ1) is 21.7. The Kier molecular flexibility index (Phi) is 6.59. The Labute approximate surface area is 187 Å². The van der Waals surface area contributed by atoms with Gasteiger partial charge in [0, 0.05) is 55.4 Å². The third-order valence-electron chi connectivity index (χ3n) is 5.45. The van der Waals surface area contributed by atoms with Crippen LogP contribution in [0.15, 0.2) is 42.7 Å². The third-order valence-corrected chi connectivity index (χ3v) is 5.45. The SMILES string of the molecule is Cc1cc(Oc2cc(C#N)ccc2-c2ncc([C@H](O)CN)cn2)cc(N2CCCCC2)n1. The average Bonchev–Trinajstić information content (AvgIpc) is 2.84. The predicted octanol–water partition coefficient (Wildman–Crippen LogP) is 3.49. The topological polar surface area (TPSA) is 121 Å². The molecule has 0 radical (unpaired) electrons. The van der Waals surface area contributed by atoms with Crippen LogP contribution >= 0.6 is 0 Å². The Hall–Kier alpha value is -3.54. The second kappa shape index (κ2) is 9.73. The molecule has 1 saturated heterocycles. The van der Waals surface area contributed by atoms with E-state index in [0.29, 0.717) is 34.0 Å². The van der Waals surface area contributed by atoms with E-state index in [4.69, 9.17) is 10.5 Å². The van der Waals surface area contributed by atoms with Gasteiger partial charge in [0.1, 0.15) is 17.3 Å². The van der Waals surface area contributed by atoms with Crippen molar-refractivity contribution in [3.05, 3.63) is 59.5 Å². The highest BCUT2D eigenvalue weighted by molar-refractivity contribution is 5.66. The van der Waals surface area contributed by atoms with Gasteiger partial charge in [0.25, 0.3) is 0 Å². The van der Waals surface area contributed by atoms with Crippen LogP contribution in [-0.4, -0.2) is 39.7 Å². The molecule has 4 rings (SSSR count). The number of aryl methyl sites for hydroxylation is 1. The van der Waals surface area contributed by atoms with Crippen molar-refractivity contribution < 1.29 is 9.84 Å². The molecule has 1 aliphatic heterocycles. The average molecular weight is 431 g/mol. The lowest BCUT2D eigenvalue weighted by molar-refractivity contribution is 0.186. The summed E-state index contributed by atoms with van der Waals surface area (Å²) in [4.78, 5) is 15.7. The number of hydrogen-bond donors (Lipinski definition) is 2. The van der Waals surface area contributed by atoms with Gasteiger partial charge in [-0.15, -0.1) is 0 Å². The summed E-state index contributed by atoms with van der Waals surface area (Å²) in [5.74, 6) is 2.45. The normalized spacial score (nSPS) is 14.6. The van der Waals surface area contributed by atoms with Crippen molar-refractivity contribution in [3.63, 3.8) is 0 Å². The van der Waals surface area contributed by atoms with Gasteiger partial charge in [-0.3, -0.25) is 0 Å². The minimum absolute atomic E-state index is 0.0919. The highest BCUT2D eigenvalue weighted by atomic mass is 16.5. The summed E-state index contributed by atoms with van der Waals surface area (Å²) in [5, 5.41) is 19.3. The summed E-state index contributed by atoms with van der Waals surface area (Å²) < 4.78 is 6.25. The van der Waals surface area contributed by atoms with E-state index in [0.717, 1.165) is 37.4 Å². The number of aliphatic hydroxyl groups is 1. The number of aromatic nitrogens is 3. The quantitative estimate of drug-likeness (QED) is 0.609. The van der Waals surface area contributed by atoms with Crippen LogP contribution in [0, 0.1) is 18.3 Å². The molecule has 1 aromatic carbocycles. The number of benzene rings is 1. The van der Waals surface area contributed by atoms with E-state index in [1.165, 1.54) is 6.42 Å². The maximum absolute atomic E-state index is 9.89. The van der Waals surface area contributed by atoms with Crippen LogP contribution in [0.5, 0.6) is 11.5 Å². The van der Waals surface area contributed by atoms with Crippen LogP contribution in [0.4, 0.5) is 5.82 Å². The van der Waals surface area contributed by atoms with E-state index < -0.39 is 6.10 Å². The van der Waals surface area contributed by atoms with Gasteiger partial charge in [0.05, 0.1) is 23.3 Å². The molecule has 164 valence electrons. The molecule has 0 spiro atoms. The first-order valence-electron chi connectivity index (χ1n) is 10.7. The highest BCUT2D eigenvalue weighted by Crippen LogP contribution is 2.34. The number of nitriles is 1. The van der Waals surface area contributed by atoms with Crippen LogP contribution in [-0.2, 0) is 0 Å². The Morgan fingerprint density at radius 1 is 1.16 bits per heavy atom. The fraction of sp³-hybridized carbons (Fsp3) is 0.333. The van der Waals surface area contributed by atoms with Crippen molar-refractivity contribution in [2.45, 2.75) is 32.3 Å². The van der Waals surface area contributed by atoms with Gasteiger partial charge in [-0.05, 0) is 44.4 Å². The molecule has 0 aliphatic carbocycles. The lowest BCUT2D eigenvalue weighted by atomic mass is 10.1. The van der Waals surface area contributed by atoms with E-state index in [1.807, 2.05) is 19.1 Å². The summed E-state index contributed by atoms with van der Waals surface area (Å²) in [7, 11) is 0. The monoisotopic (exact) mass is 430 g/mol. The highest BCUT2D eigenvalue weighted by Gasteiger charge is 2.16. The molecule has 8 nitrogen and oxygen atoms in total. The molecule has 0 amide bonds.